The lowest BCUT2D eigenvalue weighted by Crippen LogP contribution is -2.02. The van der Waals surface area contributed by atoms with E-state index in [1.807, 2.05) is 0 Å². The zero-order valence-electron chi connectivity index (χ0n) is 10.6. The fraction of sp³-hybridized carbons (Fsp3) is 0.0769. The van der Waals surface area contributed by atoms with Crippen LogP contribution in [-0.2, 0) is 11.2 Å². The van der Waals surface area contributed by atoms with Gasteiger partial charge < -0.3 is 10.4 Å². The predicted molar refractivity (Wildman–Crippen MR) is 77.0 cm³/mol. The van der Waals surface area contributed by atoms with Crippen LogP contribution in [-0.4, -0.2) is 21.0 Å². The van der Waals surface area contributed by atoms with Crippen LogP contribution < -0.4 is 5.32 Å². The highest BCUT2D eigenvalue weighted by Gasteiger charge is 2.14. The Balaban J connectivity index is 2.27. The molecule has 0 atom stereocenters. The third kappa shape index (κ3) is 3.67. The molecule has 1 aromatic heterocycles. The predicted octanol–water partition coefficient (Wildman–Crippen LogP) is 3.01. The first-order valence-corrected chi connectivity index (χ1v) is 6.22. The molecule has 0 saturated heterocycles. The number of aliphatic carboxylic acids is 1. The molecule has 0 aliphatic carbocycles. The van der Waals surface area contributed by atoms with Crippen LogP contribution in [0.5, 0.6) is 0 Å². The first-order valence-electron chi connectivity index (χ1n) is 5.84. The minimum Gasteiger partial charge on any atom is -0.481 e. The number of hydrogen-bond acceptors (Lipinski definition) is 5. The maximum atomic E-state index is 10.9. The van der Waals surface area contributed by atoms with Crippen molar-refractivity contribution < 1.29 is 14.8 Å². The zero-order valence-corrected chi connectivity index (χ0v) is 11.4. The standard InChI is InChI=1S/C13H10ClN3O4/c14-10-7-9(4-3-8(10)6-12(18)19)16-13-11(17(20)21)2-1-5-15-13/h1-5,7H,6H2,(H,15,16)(H,18,19). The minimum absolute atomic E-state index is 0.0875. The molecule has 108 valence electrons. The van der Waals surface area contributed by atoms with Gasteiger partial charge in [0.05, 0.1) is 11.3 Å². The van der Waals surface area contributed by atoms with Gasteiger partial charge >= 0.3 is 11.7 Å². The minimum atomic E-state index is -0.988. The Morgan fingerprint density at radius 2 is 2.19 bits per heavy atom. The van der Waals surface area contributed by atoms with Gasteiger partial charge in [0, 0.05) is 23.0 Å². The molecule has 0 bridgehead atoms. The van der Waals surface area contributed by atoms with Crippen molar-refractivity contribution in [2.75, 3.05) is 5.32 Å². The van der Waals surface area contributed by atoms with Gasteiger partial charge in [0.2, 0.25) is 5.82 Å². The fourth-order valence-electron chi connectivity index (χ4n) is 1.71. The second kappa shape index (κ2) is 6.19. The van der Waals surface area contributed by atoms with Gasteiger partial charge in [-0.25, -0.2) is 4.98 Å². The topological polar surface area (TPSA) is 105 Å². The highest BCUT2D eigenvalue weighted by molar-refractivity contribution is 6.31. The number of aromatic nitrogens is 1. The second-order valence-corrected chi connectivity index (χ2v) is 4.54. The summed E-state index contributed by atoms with van der Waals surface area (Å²) in [6, 6.07) is 7.43. The summed E-state index contributed by atoms with van der Waals surface area (Å²) in [5, 5.41) is 22.7. The van der Waals surface area contributed by atoms with E-state index in [1.165, 1.54) is 24.4 Å². The average molecular weight is 308 g/mol. The molecule has 2 aromatic rings. The molecular weight excluding hydrogens is 298 g/mol. The molecule has 0 spiro atoms. The number of halogens is 1. The van der Waals surface area contributed by atoms with E-state index in [0.717, 1.165) is 0 Å². The summed E-state index contributed by atoms with van der Waals surface area (Å²) >= 11 is 5.98. The number of nitrogens with one attached hydrogen (secondary N) is 1. The number of benzene rings is 1. The van der Waals surface area contributed by atoms with E-state index in [1.54, 1.807) is 12.1 Å². The summed E-state index contributed by atoms with van der Waals surface area (Å²) in [7, 11) is 0. The molecule has 8 heteroatoms. The SMILES string of the molecule is O=C(O)Cc1ccc(Nc2ncccc2[N+](=O)[O-])cc1Cl. The fourth-order valence-corrected chi connectivity index (χ4v) is 1.96. The maximum absolute atomic E-state index is 10.9. The summed E-state index contributed by atoms with van der Waals surface area (Å²) in [6.45, 7) is 0. The van der Waals surface area contributed by atoms with Crippen molar-refractivity contribution >= 4 is 34.8 Å². The third-order valence-electron chi connectivity index (χ3n) is 2.64. The van der Waals surface area contributed by atoms with E-state index in [2.05, 4.69) is 10.3 Å². The molecule has 1 heterocycles. The van der Waals surface area contributed by atoms with E-state index in [-0.39, 0.29) is 22.9 Å². The largest absolute Gasteiger partial charge is 0.481 e. The Labute approximate surface area is 124 Å². The zero-order chi connectivity index (χ0) is 15.4. The highest BCUT2D eigenvalue weighted by atomic mass is 35.5. The number of carboxylic acids is 1. The van der Waals surface area contributed by atoms with Gasteiger partial charge in [-0.2, -0.15) is 0 Å². The first kappa shape index (κ1) is 14.7. The smallest absolute Gasteiger partial charge is 0.311 e. The van der Waals surface area contributed by atoms with Crippen LogP contribution in [0.25, 0.3) is 0 Å². The van der Waals surface area contributed by atoms with Crippen LogP contribution in [0.4, 0.5) is 17.2 Å². The summed E-state index contributed by atoms with van der Waals surface area (Å²) in [5.74, 6) is -0.900. The van der Waals surface area contributed by atoms with Crippen LogP contribution in [0.15, 0.2) is 36.5 Å². The van der Waals surface area contributed by atoms with Crippen LogP contribution >= 0.6 is 11.6 Å². The van der Waals surface area contributed by atoms with E-state index in [0.29, 0.717) is 11.3 Å². The lowest BCUT2D eigenvalue weighted by molar-refractivity contribution is -0.384. The molecule has 0 radical (unpaired) electrons. The number of carboxylic acid groups (broad SMARTS) is 1. The monoisotopic (exact) mass is 307 g/mol. The molecule has 21 heavy (non-hydrogen) atoms. The van der Waals surface area contributed by atoms with Gasteiger partial charge in [-0.1, -0.05) is 17.7 Å². The average Bonchev–Trinajstić information content (AvgIpc) is 2.42. The number of carbonyl (C=O) groups is 1. The van der Waals surface area contributed by atoms with Crippen LogP contribution in [0.1, 0.15) is 5.56 Å². The summed E-state index contributed by atoms with van der Waals surface area (Å²) in [5.41, 5.74) is 0.782. The molecular formula is C13H10ClN3O4. The first-order chi connectivity index (χ1) is 9.97. The Morgan fingerprint density at radius 3 is 2.81 bits per heavy atom. The molecule has 0 aliphatic heterocycles. The van der Waals surface area contributed by atoms with Gasteiger partial charge in [0.1, 0.15) is 0 Å². The van der Waals surface area contributed by atoms with E-state index >= 15 is 0 Å². The normalized spacial score (nSPS) is 10.1. The second-order valence-electron chi connectivity index (χ2n) is 4.13. The molecule has 0 amide bonds. The maximum Gasteiger partial charge on any atom is 0.311 e. The number of pyridine rings is 1. The molecule has 1 aromatic carbocycles. The van der Waals surface area contributed by atoms with E-state index in [4.69, 9.17) is 16.7 Å². The molecule has 0 aliphatic rings. The van der Waals surface area contributed by atoms with Gasteiger partial charge in [-0.15, -0.1) is 0 Å². The summed E-state index contributed by atoms with van der Waals surface area (Å²) in [6.07, 6.45) is 1.23. The number of nitrogens with zero attached hydrogens (tertiary/aromatic N) is 2. The Kier molecular flexibility index (Phi) is 4.34. The highest BCUT2D eigenvalue weighted by Crippen LogP contribution is 2.27. The van der Waals surface area contributed by atoms with Gasteiger partial charge in [0.25, 0.3) is 0 Å². The lowest BCUT2D eigenvalue weighted by atomic mass is 10.1. The van der Waals surface area contributed by atoms with Gasteiger partial charge in [-0.3, -0.25) is 14.9 Å². The van der Waals surface area contributed by atoms with Gasteiger partial charge in [-0.05, 0) is 23.8 Å². The summed E-state index contributed by atoms with van der Waals surface area (Å²) in [4.78, 5) is 24.9. The molecule has 0 unspecified atom stereocenters. The van der Waals surface area contributed by atoms with Crippen LogP contribution in [0.2, 0.25) is 5.02 Å². The Bertz CT molecular complexity index is 706. The van der Waals surface area contributed by atoms with Crippen molar-refractivity contribution in [2.45, 2.75) is 6.42 Å². The summed E-state index contributed by atoms with van der Waals surface area (Å²) < 4.78 is 0. The van der Waals surface area contributed by atoms with Crippen molar-refractivity contribution in [1.29, 1.82) is 0 Å². The molecule has 0 saturated carbocycles. The van der Waals surface area contributed by atoms with Crippen LogP contribution in [0, 0.1) is 10.1 Å². The number of anilines is 2. The van der Waals surface area contributed by atoms with Crippen molar-refractivity contribution in [3.63, 3.8) is 0 Å². The molecule has 0 fully saturated rings. The van der Waals surface area contributed by atoms with Crippen LogP contribution in [0.3, 0.4) is 0 Å². The Morgan fingerprint density at radius 1 is 1.43 bits per heavy atom. The van der Waals surface area contributed by atoms with Crippen molar-refractivity contribution in [2.24, 2.45) is 0 Å². The van der Waals surface area contributed by atoms with Gasteiger partial charge in [0.15, 0.2) is 0 Å². The third-order valence-corrected chi connectivity index (χ3v) is 2.99. The Hall–Kier alpha value is -2.67. The van der Waals surface area contributed by atoms with Crippen molar-refractivity contribution in [1.82, 2.24) is 4.98 Å². The van der Waals surface area contributed by atoms with Crippen molar-refractivity contribution in [3.8, 4) is 0 Å². The lowest BCUT2D eigenvalue weighted by Gasteiger charge is -2.08. The number of nitro groups is 1. The molecule has 2 rings (SSSR count). The quantitative estimate of drug-likeness (QED) is 0.649. The molecule has 7 nitrogen and oxygen atoms in total. The van der Waals surface area contributed by atoms with E-state index < -0.39 is 10.9 Å². The van der Waals surface area contributed by atoms with E-state index in [9.17, 15) is 14.9 Å². The molecule has 2 N–H and O–H groups in total. The number of hydrogen-bond donors (Lipinski definition) is 2. The number of rotatable bonds is 5. The van der Waals surface area contributed by atoms with Crippen molar-refractivity contribution in [3.05, 3.63) is 57.2 Å².